The highest BCUT2D eigenvalue weighted by Gasteiger charge is 2.13. The van der Waals surface area contributed by atoms with E-state index in [4.69, 9.17) is 4.74 Å². The number of carbonyl (C=O) groups is 1. The third-order valence-electron chi connectivity index (χ3n) is 3.93. The summed E-state index contributed by atoms with van der Waals surface area (Å²) in [4.78, 5) is 16.7. The summed E-state index contributed by atoms with van der Waals surface area (Å²) < 4.78 is 31.7. The zero-order valence-electron chi connectivity index (χ0n) is 15.3. The van der Waals surface area contributed by atoms with Crippen LogP contribution in [0.15, 0.2) is 53.9 Å². The van der Waals surface area contributed by atoms with E-state index >= 15 is 0 Å². The lowest BCUT2D eigenvalue weighted by molar-refractivity contribution is -0.121. The number of hydrogen-bond donors (Lipinski definition) is 1. The lowest BCUT2D eigenvalue weighted by Crippen LogP contribution is -2.37. The second-order valence-electron chi connectivity index (χ2n) is 6.43. The Morgan fingerprint density at radius 2 is 2.00 bits per heavy atom. The van der Waals surface area contributed by atoms with Gasteiger partial charge in [-0.15, -0.1) is 11.3 Å². The summed E-state index contributed by atoms with van der Waals surface area (Å²) in [6.07, 6.45) is 0.904. The van der Waals surface area contributed by atoms with Crippen LogP contribution in [-0.4, -0.2) is 23.5 Å². The average molecular weight is 402 g/mol. The third-order valence-corrected chi connectivity index (χ3v) is 4.83. The van der Waals surface area contributed by atoms with Crippen molar-refractivity contribution in [2.24, 2.45) is 0 Å². The van der Waals surface area contributed by atoms with Gasteiger partial charge in [0.15, 0.2) is 11.6 Å². The van der Waals surface area contributed by atoms with Crippen molar-refractivity contribution in [1.82, 2.24) is 10.3 Å². The van der Waals surface area contributed by atoms with E-state index in [0.717, 1.165) is 23.6 Å². The molecule has 1 N–H and O–H groups in total. The number of nitrogens with zero attached hydrogens (tertiary/aromatic N) is 1. The molecule has 28 heavy (non-hydrogen) atoms. The third kappa shape index (κ3) is 5.85. The Bertz CT molecular complexity index is 931. The van der Waals surface area contributed by atoms with Crippen molar-refractivity contribution in [1.29, 1.82) is 0 Å². The Morgan fingerprint density at radius 3 is 2.75 bits per heavy atom. The molecule has 2 aromatic carbocycles. The molecule has 0 radical (unpaired) electrons. The molecule has 0 aliphatic carbocycles. The van der Waals surface area contributed by atoms with Gasteiger partial charge in [-0.2, -0.15) is 0 Å². The van der Waals surface area contributed by atoms with Crippen LogP contribution in [0.4, 0.5) is 8.78 Å². The van der Waals surface area contributed by atoms with E-state index in [1.54, 1.807) is 6.92 Å². The first-order chi connectivity index (χ1) is 13.5. The summed E-state index contributed by atoms with van der Waals surface area (Å²) in [6.45, 7) is 1.83. The number of aromatic nitrogens is 1. The van der Waals surface area contributed by atoms with Crippen LogP contribution in [-0.2, 0) is 17.6 Å². The number of thiazole rings is 1. The standard InChI is InChI=1S/C21H20F2N2O2S/c1-14(12-27-19-8-7-16(22)10-18(19)23)24-20(26)11-17-13-28-21(25-17)9-15-5-3-2-4-6-15/h2-8,10,13-14H,9,11-12H2,1H3,(H,24,26). The molecule has 0 spiro atoms. The van der Waals surface area contributed by atoms with Crippen LogP contribution in [0.3, 0.4) is 0 Å². The van der Waals surface area contributed by atoms with Gasteiger partial charge in [-0.05, 0) is 24.6 Å². The van der Waals surface area contributed by atoms with Gasteiger partial charge in [0.1, 0.15) is 12.4 Å². The molecule has 3 aromatic rings. The van der Waals surface area contributed by atoms with Crippen molar-refractivity contribution in [3.05, 3.63) is 81.8 Å². The van der Waals surface area contributed by atoms with Gasteiger partial charge in [-0.25, -0.2) is 13.8 Å². The number of rotatable bonds is 8. The van der Waals surface area contributed by atoms with E-state index in [9.17, 15) is 13.6 Å². The lowest BCUT2D eigenvalue weighted by Gasteiger charge is -2.15. The molecule has 4 nitrogen and oxygen atoms in total. The molecule has 1 atom stereocenters. The van der Waals surface area contributed by atoms with Crippen molar-refractivity contribution < 1.29 is 18.3 Å². The number of benzene rings is 2. The summed E-state index contributed by atoms with van der Waals surface area (Å²) in [5.74, 6) is -1.67. The number of nitrogens with one attached hydrogen (secondary N) is 1. The van der Waals surface area contributed by atoms with Crippen LogP contribution < -0.4 is 10.1 Å². The lowest BCUT2D eigenvalue weighted by atomic mass is 10.2. The Kier molecular flexibility index (Phi) is 6.71. The largest absolute Gasteiger partial charge is 0.488 e. The van der Waals surface area contributed by atoms with E-state index < -0.39 is 11.6 Å². The van der Waals surface area contributed by atoms with Gasteiger partial charge in [-0.1, -0.05) is 30.3 Å². The monoisotopic (exact) mass is 402 g/mol. The fourth-order valence-corrected chi connectivity index (χ4v) is 3.45. The number of halogens is 2. The molecule has 0 saturated carbocycles. The Morgan fingerprint density at radius 1 is 1.21 bits per heavy atom. The molecule has 1 amide bonds. The predicted octanol–water partition coefficient (Wildman–Crippen LogP) is 4.14. The van der Waals surface area contributed by atoms with Gasteiger partial charge in [0.05, 0.1) is 23.2 Å². The van der Waals surface area contributed by atoms with Gasteiger partial charge >= 0.3 is 0 Å². The highest BCUT2D eigenvalue weighted by atomic mass is 32.1. The predicted molar refractivity (Wildman–Crippen MR) is 105 cm³/mol. The van der Waals surface area contributed by atoms with E-state index in [-0.39, 0.29) is 30.7 Å². The maximum Gasteiger partial charge on any atom is 0.226 e. The zero-order valence-corrected chi connectivity index (χ0v) is 16.1. The van der Waals surface area contributed by atoms with Crippen LogP contribution >= 0.6 is 11.3 Å². The summed E-state index contributed by atoms with van der Waals surface area (Å²) in [5.41, 5.74) is 1.89. The Hall–Kier alpha value is -2.80. The maximum atomic E-state index is 13.6. The highest BCUT2D eigenvalue weighted by molar-refractivity contribution is 7.09. The van der Waals surface area contributed by atoms with Gasteiger partial charge < -0.3 is 10.1 Å². The van der Waals surface area contributed by atoms with E-state index in [1.807, 2.05) is 35.7 Å². The van der Waals surface area contributed by atoms with Crippen molar-refractivity contribution >= 4 is 17.2 Å². The summed E-state index contributed by atoms with van der Waals surface area (Å²) in [6, 6.07) is 12.8. The number of amides is 1. The van der Waals surface area contributed by atoms with Crippen molar-refractivity contribution in [3.63, 3.8) is 0 Å². The maximum absolute atomic E-state index is 13.6. The second kappa shape index (κ2) is 9.41. The average Bonchev–Trinajstić information content (AvgIpc) is 3.08. The second-order valence-corrected chi connectivity index (χ2v) is 7.37. The first-order valence-electron chi connectivity index (χ1n) is 8.84. The number of ether oxygens (including phenoxy) is 1. The minimum absolute atomic E-state index is 0.0486. The minimum Gasteiger partial charge on any atom is -0.488 e. The van der Waals surface area contributed by atoms with Crippen molar-refractivity contribution in [2.45, 2.75) is 25.8 Å². The summed E-state index contributed by atoms with van der Waals surface area (Å²) in [7, 11) is 0. The van der Waals surface area contributed by atoms with Crippen LogP contribution in [0.25, 0.3) is 0 Å². The molecule has 0 bridgehead atoms. The van der Waals surface area contributed by atoms with E-state index in [0.29, 0.717) is 5.69 Å². The quantitative estimate of drug-likeness (QED) is 0.616. The van der Waals surface area contributed by atoms with Crippen LogP contribution in [0, 0.1) is 11.6 Å². The Labute approximate surface area is 166 Å². The molecule has 3 rings (SSSR count). The van der Waals surface area contributed by atoms with Gasteiger partial charge in [0, 0.05) is 17.9 Å². The summed E-state index contributed by atoms with van der Waals surface area (Å²) >= 11 is 1.53. The first kappa shape index (κ1) is 19.9. The molecule has 0 aliphatic heterocycles. The normalized spacial score (nSPS) is 11.8. The molecular weight excluding hydrogens is 382 g/mol. The smallest absolute Gasteiger partial charge is 0.226 e. The molecule has 146 valence electrons. The van der Waals surface area contributed by atoms with Crippen molar-refractivity contribution in [2.75, 3.05) is 6.61 Å². The molecule has 1 aromatic heterocycles. The first-order valence-corrected chi connectivity index (χ1v) is 9.72. The number of hydrogen-bond acceptors (Lipinski definition) is 4. The number of carbonyl (C=O) groups excluding carboxylic acids is 1. The van der Waals surface area contributed by atoms with Crippen LogP contribution in [0.1, 0.15) is 23.2 Å². The molecule has 0 fully saturated rings. The van der Waals surface area contributed by atoms with Crippen LogP contribution in [0.5, 0.6) is 5.75 Å². The molecule has 0 aliphatic rings. The fourth-order valence-electron chi connectivity index (χ4n) is 2.62. The topological polar surface area (TPSA) is 51.2 Å². The Balaban J connectivity index is 1.46. The SMILES string of the molecule is CC(COc1ccc(F)cc1F)NC(=O)Cc1csc(Cc2ccccc2)n1. The van der Waals surface area contributed by atoms with E-state index in [2.05, 4.69) is 10.3 Å². The molecular formula is C21H20F2N2O2S. The summed E-state index contributed by atoms with van der Waals surface area (Å²) in [5, 5.41) is 5.63. The van der Waals surface area contributed by atoms with Gasteiger partial charge in [-0.3, -0.25) is 4.79 Å². The van der Waals surface area contributed by atoms with Crippen molar-refractivity contribution in [3.8, 4) is 5.75 Å². The van der Waals surface area contributed by atoms with Gasteiger partial charge in [0.25, 0.3) is 0 Å². The minimum atomic E-state index is -0.771. The molecule has 1 unspecified atom stereocenters. The fraction of sp³-hybridized carbons (Fsp3) is 0.238. The molecule has 1 heterocycles. The zero-order chi connectivity index (χ0) is 19.9. The van der Waals surface area contributed by atoms with Gasteiger partial charge in [0.2, 0.25) is 5.91 Å². The van der Waals surface area contributed by atoms with Crippen LogP contribution in [0.2, 0.25) is 0 Å². The highest BCUT2D eigenvalue weighted by Crippen LogP contribution is 2.18. The molecule has 0 saturated heterocycles. The molecule has 7 heteroatoms. The van der Waals surface area contributed by atoms with E-state index in [1.165, 1.54) is 23.0 Å².